The first-order valence-corrected chi connectivity index (χ1v) is 12.3. The van der Waals surface area contributed by atoms with Crippen molar-refractivity contribution >= 4 is 22.0 Å². The quantitative estimate of drug-likeness (QED) is 0.525. The minimum atomic E-state index is -5.78. The Balaban J connectivity index is 1.69. The van der Waals surface area contributed by atoms with Crippen LogP contribution in [0.5, 0.6) is 5.75 Å². The minimum Gasteiger partial charge on any atom is -0.496 e. The van der Waals surface area contributed by atoms with Crippen molar-refractivity contribution in [2.24, 2.45) is 0 Å². The number of alkyl halides is 3. The van der Waals surface area contributed by atoms with Gasteiger partial charge in [-0.3, -0.25) is 4.79 Å². The molecule has 12 heteroatoms. The summed E-state index contributed by atoms with van der Waals surface area (Å²) in [6.45, 7) is 0.287. The highest BCUT2D eigenvalue weighted by Crippen LogP contribution is 2.39. The highest BCUT2D eigenvalue weighted by Gasteiger charge is 2.47. The second kappa shape index (κ2) is 10.5. The molecule has 0 aliphatic heterocycles. The Labute approximate surface area is 201 Å². The molecule has 0 spiro atoms. The highest BCUT2D eigenvalue weighted by atomic mass is 32.2. The molecule has 3 amide bonds. The van der Waals surface area contributed by atoms with Crippen molar-refractivity contribution in [1.29, 1.82) is 0 Å². The van der Waals surface area contributed by atoms with Gasteiger partial charge in [0.05, 0.1) is 12.7 Å². The van der Waals surface area contributed by atoms with Gasteiger partial charge in [0.1, 0.15) is 5.75 Å². The lowest BCUT2D eigenvalue weighted by Gasteiger charge is -2.41. The standard InChI is InChI=1S/C23H26F3N3O5S/c1-34-19-10-6-5-9-18(19)20(30)27-15-22(16-7-3-2-4-8-16)13-11-17(12-14-22)28-21(31)29-35(32,33)23(24,25)26/h2-10,17H,11-15H2,1H3,(H,27,30)(H2,28,29,31). The van der Waals surface area contributed by atoms with Gasteiger partial charge >= 0.3 is 21.6 Å². The van der Waals surface area contributed by atoms with Gasteiger partial charge in [-0.05, 0) is 43.4 Å². The Hall–Kier alpha value is -3.28. The molecule has 0 heterocycles. The van der Waals surface area contributed by atoms with Crippen molar-refractivity contribution in [3.05, 3.63) is 65.7 Å². The number of benzene rings is 2. The molecule has 1 fully saturated rings. The molecule has 1 aliphatic carbocycles. The molecule has 0 bridgehead atoms. The van der Waals surface area contributed by atoms with E-state index < -0.39 is 33.0 Å². The number of carbonyl (C=O) groups excluding carboxylic acids is 2. The van der Waals surface area contributed by atoms with E-state index in [-0.39, 0.29) is 12.5 Å². The number of para-hydroxylation sites is 1. The van der Waals surface area contributed by atoms with Crippen molar-refractivity contribution < 1.29 is 35.9 Å². The molecule has 0 radical (unpaired) electrons. The number of amides is 3. The van der Waals surface area contributed by atoms with Crippen molar-refractivity contribution in [3.8, 4) is 5.75 Å². The topological polar surface area (TPSA) is 114 Å². The molecule has 2 aromatic carbocycles. The zero-order valence-corrected chi connectivity index (χ0v) is 19.7. The average molecular weight is 514 g/mol. The van der Waals surface area contributed by atoms with Crippen LogP contribution in [0.4, 0.5) is 18.0 Å². The van der Waals surface area contributed by atoms with Gasteiger partial charge in [-0.25, -0.2) is 9.52 Å². The minimum absolute atomic E-state index is 0.287. The van der Waals surface area contributed by atoms with E-state index in [0.29, 0.717) is 37.0 Å². The van der Waals surface area contributed by atoms with Gasteiger partial charge in [-0.2, -0.15) is 21.6 Å². The van der Waals surface area contributed by atoms with Crippen LogP contribution < -0.4 is 20.1 Å². The van der Waals surface area contributed by atoms with E-state index in [4.69, 9.17) is 4.74 Å². The summed E-state index contributed by atoms with van der Waals surface area (Å²) in [7, 11) is -4.31. The summed E-state index contributed by atoms with van der Waals surface area (Å²) in [6, 6.07) is 14.3. The number of rotatable bonds is 7. The second-order valence-electron chi connectivity index (χ2n) is 8.33. The first kappa shape index (κ1) is 26.3. The normalized spacial score (nSPS) is 20.5. The molecule has 1 saturated carbocycles. The van der Waals surface area contributed by atoms with Crippen LogP contribution in [-0.2, 0) is 15.4 Å². The third-order valence-corrected chi connectivity index (χ3v) is 7.20. The van der Waals surface area contributed by atoms with E-state index in [9.17, 15) is 31.2 Å². The van der Waals surface area contributed by atoms with E-state index in [1.54, 1.807) is 24.3 Å². The number of sulfonamides is 1. The molecule has 0 saturated heterocycles. The van der Waals surface area contributed by atoms with Gasteiger partial charge in [0, 0.05) is 18.0 Å². The van der Waals surface area contributed by atoms with E-state index in [2.05, 4.69) is 10.6 Å². The lowest BCUT2D eigenvalue weighted by Crippen LogP contribution is -2.51. The molecule has 0 unspecified atom stereocenters. The lowest BCUT2D eigenvalue weighted by molar-refractivity contribution is -0.0444. The lowest BCUT2D eigenvalue weighted by atomic mass is 9.68. The molecule has 2 aromatic rings. The number of carbonyl (C=O) groups is 2. The van der Waals surface area contributed by atoms with Crippen LogP contribution in [0.1, 0.15) is 41.6 Å². The third kappa shape index (κ3) is 6.24. The molecule has 35 heavy (non-hydrogen) atoms. The fraction of sp³-hybridized carbons (Fsp3) is 0.391. The molecule has 3 N–H and O–H groups in total. The van der Waals surface area contributed by atoms with Gasteiger partial charge in [-0.15, -0.1) is 0 Å². The number of nitrogens with one attached hydrogen (secondary N) is 3. The van der Waals surface area contributed by atoms with Crippen LogP contribution in [0.3, 0.4) is 0 Å². The molecule has 8 nitrogen and oxygen atoms in total. The number of urea groups is 1. The predicted octanol–water partition coefficient (Wildman–Crippen LogP) is 3.45. The summed E-state index contributed by atoms with van der Waals surface area (Å²) in [4.78, 5) is 24.7. The summed E-state index contributed by atoms with van der Waals surface area (Å²) in [6.07, 6.45) is 1.75. The van der Waals surface area contributed by atoms with Crippen molar-refractivity contribution in [3.63, 3.8) is 0 Å². The Morgan fingerprint density at radius 1 is 1.03 bits per heavy atom. The second-order valence-corrected chi connectivity index (χ2v) is 10.0. The molecule has 3 rings (SSSR count). The Bertz CT molecular complexity index is 1150. The van der Waals surface area contributed by atoms with E-state index in [1.165, 1.54) is 7.11 Å². The van der Waals surface area contributed by atoms with Crippen molar-refractivity contribution in [2.75, 3.05) is 13.7 Å². The Morgan fingerprint density at radius 2 is 1.63 bits per heavy atom. The maximum Gasteiger partial charge on any atom is 0.516 e. The van der Waals surface area contributed by atoms with Crippen LogP contribution in [0.2, 0.25) is 0 Å². The monoisotopic (exact) mass is 513 g/mol. The maximum absolute atomic E-state index is 12.9. The third-order valence-electron chi connectivity index (χ3n) is 6.13. The SMILES string of the molecule is COc1ccccc1C(=O)NCC1(c2ccccc2)CCC(NC(=O)NS(=O)(=O)C(F)(F)F)CC1. The van der Waals surface area contributed by atoms with Crippen molar-refractivity contribution in [1.82, 2.24) is 15.4 Å². The summed E-state index contributed by atoms with van der Waals surface area (Å²) in [5, 5.41) is 5.27. The zero-order chi connectivity index (χ0) is 25.7. The molecular weight excluding hydrogens is 487 g/mol. The summed E-state index contributed by atoms with van der Waals surface area (Å²) in [5.41, 5.74) is -4.70. The van der Waals surface area contributed by atoms with Crippen LogP contribution >= 0.6 is 0 Å². The fourth-order valence-corrected chi connectivity index (χ4v) is 4.66. The molecular formula is C23H26F3N3O5S. The first-order valence-electron chi connectivity index (χ1n) is 10.8. The Kier molecular flexibility index (Phi) is 7.93. The summed E-state index contributed by atoms with van der Waals surface area (Å²) >= 11 is 0. The predicted molar refractivity (Wildman–Crippen MR) is 122 cm³/mol. The van der Waals surface area contributed by atoms with Gasteiger partial charge in [0.25, 0.3) is 5.91 Å². The number of hydrogen-bond acceptors (Lipinski definition) is 5. The van der Waals surface area contributed by atoms with Crippen molar-refractivity contribution in [2.45, 2.75) is 42.6 Å². The van der Waals surface area contributed by atoms with Crippen LogP contribution in [0.15, 0.2) is 54.6 Å². The largest absolute Gasteiger partial charge is 0.516 e. The number of methoxy groups -OCH3 is 1. The smallest absolute Gasteiger partial charge is 0.496 e. The van der Waals surface area contributed by atoms with Crippen LogP contribution in [0, 0.1) is 0 Å². The molecule has 0 aromatic heterocycles. The van der Waals surface area contributed by atoms with Gasteiger partial charge in [-0.1, -0.05) is 42.5 Å². The van der Waals surface area contributed by atoms with E-state index in [0.717, 1.165) is 10.3 Å². The summed E-state index contributed by atoms with van der Waals surface area (Å²) < 4.78 is 66.1. The highest BCUT2D eigenvalue weighted by molar-refractivity contribution is 7.90. The van der Waals surface area contributed by atoms with Crippen LogP contribution in [0.25, 0.3) is 0 Å². The van der Waals surface area contributed by atoms with E-state index >= 15 is 0 Å². The fourth-order valence-electron chi connectivity index (χ4n) is 4.25. The van der Waals surface area contributed by atoms with E-state index in [1.807, 2.05) is 30.3 Å². The maximum atomic E-state index is 12.9. The van der Waals surface area contributed by atoms with Gasteiger partial charge in [0.15, 0.2) is 0 Å². The summed E-state index contributed by atoms with van der Waals surface area (Å²) in [5.74, 6) is 0.126. The van der Waals surface area contributed by atoms with Gasteiger partial charge < -0.3 is 15.4 Å². The average Bonchev–Trinajstić information content (AvgIpc) is 2.83. The molecule has 1 aliphatic rings. The first-order chi connectivity index (χ1) is 16.5. The van der Waals surface area contributed by atoms with Crippen LogP contribution in [-0.4, -0.2) is 45.6 Å². The Morgan fingerprint density at radius 3 is 2.23 bits per heavy atom. The zero-order valence-electron chi connectivity index (χ0n) is 18.9. The number of halogens is 3. The number of ether oxygens (including phenoxy) is 1. The van der Waals surface area contributed by atoms with Gasteiger partial charge in [0.2, 0.25) is 0 Å². The molecule has 190 valence electrons. The molecule has 0 atom stereocenters. The number of hydrogen-bond donors (Lipinski definition) is 3.